The monoisotopic (exact) mass is 434 g/mol. The van der Waals surface area contributed by atoms with Crippen LogP contribution in [0, 0.1) is 0 Å². The third-order valence-electron chi connectivity index (χ3n) is 5.30. The van der Waals surface area contributed by atoms with Gasteiger partial charge in [-0.15, -0.1) is 22.0 Å². The number of hydrogen-bond acceptors (Lipinski definition) is 6. The highest BCUT2D eigenvalue weighted by atomic mass is 32.2. The Morgan fingerprint density at radius 2 is 1.77 bits per heavy atom. The molecule has 31 heavy (non-hydrogen) atoms. The Hall–Kier alpha value is -3.06. The molecule has 2 aromatic carbocycles. The first-order chi connectivity index (χ1) is 15.2. The van der Waals surface area contributed by atoms with Crippen molar-refractivity contribution in [1.29, 1.82) is 0 Å². The molecule has 6 nitrogen and oxygen atoms in total. The number of aromatic nitrogens is 2. The van der Waals surface area contributed by atoms with E-state index in [0.717, 1.165) is 41.7 Å². The van der Waals surface area contributed by atoms with Gasteiger partial charge in [-0.3, -0.25) is 4.79 Å². The predicted octanol–water partition coefficient (Wildman–Crippen LogP) is 3.98. The highest BCUT2D eigenvalue weighted by Crippen LogP contribution is 2.23. The van der Waals surface area contributed by atoms with Crippen molar-refractivity contribution >= 4 is 23.5 Å². The fourth-order valence-electron chi connectivity index (χ4n) is 3.55. The van der Waals surface area contributed by atoms with Crippen molar-refractivity contribution in [3.63, 3.8) is 0 Å². The molecule has 160 valence electrons. The van der Waals surface area contributed by atoms with Crippen molar-refractivity contribution in [3.8, 4) is 17.0 Å². The number of rotatable bonds is 7. The number of carbonyl (C=O) groups excluding carboxylic acids is 1. The lowest BCUT2D eigenvalue weighted by molar-refractivity contribution is -0.131. The number of amides is 1. The fraction of sp³-hybridized carbons (Fsp3) is 0.292. The zero-order valence-electron chi connectivity index (χ0n) is 17.6. The maximum absolute atomic E-state index is 12.5. The molecule has 1 aliphatic rings. The molecule has 1 aliphatic heterocycles. The number of thioether (sulfide) groups is 1. The van der Waals surface area contributed by atoms with Gasteiger partial charge in [-0.1, -0.05) is 30.3 Å². The number of hydrogen-bond donors (Lipinski definition) is 0. The Kier molecular flexibility index (Phi) is 7.04. The van der Waals surface area contributed by atoms with E-state index in [2.05, 4.69) is 27.2 Å². The van der Waals surface area contributed by atoms with Crippen LogP contribution in [0.5, 0.6) is 5.75 Å². The summed E-state index contributed by atoms with van der Waals surface area (Å²) in [5.41, 5.74) is 1.79. The molecule has 0 unspecified atom stereocenters. The summed E-state index contributed by atoms with van der Waals surface area (Å²) in [6.07, 6.45) is 0.564. The first kappa shape index (κ1) is 21.2. The lowest BCUT2D eigenvalue weighted by Crippen LogP contribution is -2.49. The second-order valence-electron chi connectivity index (χ2n) is 7.29. The molecular formula is C24H26N4O2S. The molecule has 0 saturated carbocycles. The highest BCUT2D eigenvalue weighted by molar-refractivity contribution is 7.99. The largest absolute Gasteiger partial charge is 0.497 e. The van der Waals surface area contributed by atoms with E-state index in [1.54, 1.807) is 18.9 Å². The van der Waals surface area contributed by atoms with E-state index in [-0.39, 0.29) is 5.91 Å². The standard InChI is InChI=1S/C24H26N4O2S/c1-30-20-7-5-6-19(18-20)22-10-11-23(26-25-22)27-13-15-28(16-14-27)24(29)12-17-31-21-8-3-2-4-9-21/h2-11,18H,12-17H2,1H3. The number of methoxy groups -OCH3 is 1. The van der Waals surface area contributed by atoms with Gasteiger partial charge in [0.15, 0.2) is 5.82 Å². The summed E-state index contributed by atoms with van der Waals surface area (Å²) in [4.78, 5) is 17.9. The second kappa shape index (κ2) is 10.3. The summed E-state index contributed by atoms with van der Waals surface area (Å²) in [6.45, 7) is 2.97. The third kappa shape index (κ3) is 5.55. The SMILES string of the molecule is COc1cccc(-c2ccc(N3CCN(C(=O)CCSc4ccccc4)CC3)nn2)c1. The zero-order valence-corrected chi connectivity index (χ0v) is 18.4. The molecule has 0 radical (unpaired) electrons. The topological polar surface area (TPSA) is 58.6 Å². The molecule has 0 N–H and O–H groups in total. The average molecular weight is 435 g/mol. The van der Waals surface area contributed by atoms with Crippen LogP contribution in [0.1, 0.15) is 6.42 Å². The zero-order chi connectivity index (χ0) is 21.5. The van der Waals surface area contributed by atoms with Gasteiger partial charge in [-0.05, 0) is 36.4 Å². The van der Waals surface area contributed by atoms with Crippen LogP contribution in [0.2, 0.25) is 0 Å². The molecular weight excluding hydrogens is 408 g/mol. The Labute approximate surface area is 187 Å². The lowest BCUT2D eigenvalue weighted by atomic mass is 10.1. The number of piperazine rings is 1. The maximum Gasteiger partial charge on any atom is 0.223 e. The minimum atomic E-state index is 0.225. The summed E-state index contributed by atoms with van der Waals surface area (Å²) in [5.74, 6) is 2.67. The molecule has 1 amide bonds. The molecule has 0 bridgehead atoms. The molecule has 1 aromatic heterocycles. The van der Waals surface area contributed by atoms with E-state index in [1.807, 2.05) is 59.5 Å². The van der Waals surface area contributed by atoms with Gasteiger partial charge in [-0.25, -0.2) is 0 Å². The number of benzene rings is 2. The number of ether oxygens (including phenoxy) is 1. The Morgan fingerprint density at radius 1 is 0.968 bits per heavy atom. The summed E-state index contributed by atoms with van der Waals surface area (Å²) in [5, 5.41) is 8.81. The van der Waals surface area contributed by atoms with Crippen LogP contribution >= 0.6 is 11.8 Å². The van der Waals surface area contributed by atoms with E-state index in [9.17, 15) is 4.79 Å². The quantitative estimate of drug-likeness (QED) is 0.524. The van der Waals surface area contributed by atoms with E-state index < -0.39 is 0 Å². The van der Waals surface area contributed by atoms with Gasteiger partial charge in [0.2, 0.25) is 5.91 Å². The Morgan fingerprint density at radius 3 is 2.48 bits per heavy atom. The molecule has 3 aromatic rings. The molecule has 7 heteroatoms. The normalized spacial score (nSPS) is 13.8. The Balaban J connectivity index is 1.26. The van der Waals surface area contributed by atoms with Crippen LogP contribution in [0.25, 0.3) is 11.3 Å². The van der Waals surface area contributed by atoms with E-state index >= 15 is 0 Å². The van der Waals surface area contributed by atoms with Crippen molar-refractivity contribution < 1.29 is 9.53 Å². The lowest BCUT2D eigenvalue weighted by Gasteiger charge is -2.35. The molecule has 1 saturated heterocycles. The smallest absolute Gasteiger partial charge is 0.223 e. The minimum Gasteiger partial charge on any atom is -0.497 e. The minimum absolute atomic E-state index is 0.225. The molecule has 2 heterocycles. The van der Waals surface area contributed by atoms with Crippen LogP contribution in [0.15, 0.2) is 71.6 Å². The van der Waals surface area contributed by atoms with Crippen LogP contribution < -0.4 is 9.64 Å². The molecule has 0 aliphatic carbocycles. The van der Waals surface area contributed by atoms with E-state index in [0.29, 0.717) is 19.5 Å². The summed E-state index contributed by atoms with van der Waals surface area (Å²) >= 11 is 1.73. The van der Waals surface area contributed by atoms with Gasteiger partial charge in [0.05, 0.1) is 12.8 Å². The second-order valence-corrected chi connectivity index (χ2v) is 8.46. The fourth-order valence-corrected chi connectivity index (χ4v) is 4.41. The van der Waals surface area contributed by atoms with E-state index in [4.69, 9.17) is 4.74 Å². The number of carbonyl (C=O) groups is 1. The van der Waals surface area contributed by atoms with Gasteiger partial charge in [0.1, 0.15) is 5.75 Å². The summed E-state index contributed by atoms with van der Waals surface area (Å²) in [7, 11) is 1.65. The van der Waals surface area contributed by atoms with E-state index in [1.165, 1.54) is 4.90 Å². The van der Waals surface area contributed by atoms with Crippen LogP contribution in [0.3, 0.4) is 0 Å². The average Bonchev–Trinajstić information content (AvgIpc) is 2.85. The number of nitrogens with zero attached hydrogens (tertiary/aromatic N) is 4. The molecule has 0 atom stereocenters. The highest BCUT2D eigenvalue weighted by Gasteiger charge is 2.22. The number of anilines is 1. The summed E-state index contributed by atoms with van der Waals surface area (Å²) < 4.78 is 5.28. The third-order valence-corrected chi connectivity index (χ3v) is 6.31. The van der Waals surface area contributed by atoms with Crippen molar-refractivity contribution in [2.75, 3.05) is 43.9 Å². The van der Waals surface area contributed by atoms with Gasteiger partial charge in [0, 0.05) is 48.8 Å². The van der Waals surface area contributed by atoms with Crippen LogP contribution in [0.4, 0.5) is 5.82 Å². The van der Waals surface area contributed by atoms with Gasteiger partial charge in [0.25, 0.3) is 0 Å². The first-order valence-electron chi connectivity index (χ1n) is 10.4. The van der Waals surface area contributed by atoms with Gasteiger partial charge >= 0.3 is 0 Å². The van der Waals surface area contributed by atoms with Crippen LogP contribution in [-0.4, -0.2) is 60.0 Å². The van der Waals surface area contributed by atoms with Crippen molar-refractivity contribution in [2.24, 2.45) is 0 Å². The van der Waals surface area contributed by atoms with Crippen LogP contribution in [-0.2, 0) is 4.79 Å². The van der Waals surface area contributed by atoms with Crippen molar-refractivity contribution in [2.45, 2.75) is 11.3 Å². The predicted molar refractivity (Wildman–Crippen MR) is 125 cm³/mol. The first-order valence-corrected chi connectivity index (χ1v) is 11.4. The van der Waals surface area contributed by atoms with Crippen molar-refractivity contribution in [3.05, 3.63) is 66.7 Å². The van der Waals surface area contributed by atoms with Gasteiger partial charge < -0.3 is 14.5 Å². The van der Waals surface area contributed by atoms with Gasteiger partial charge in [-0.2, -0.15) is 0 Å². The Bertz CT molecular complexity index is 990. The molecule has 4 rings (SSSR count). The summed E-state index contributed by atoms with van der Waals surface area (Å²) in [6, 6.07) is 22.0. The molecule has 0 spiro atoms. The molecule has 1 fully saturated rings. The van der Waals surface area contributed by atoms with Crippen molar-refractivity contribution in [1.82, 2.24) is 15.1 Å². The maximum atomic E-state index is 12.5.